The van der Waals surface area contributed by atoms with Crippen LogP contribution in [0.3, 0.4) is 0 Å². The summed E-state index contributed by atoms with van der Waals surface area (Å²) in [6, 6.07) is 6.74. The topological polar surface area (TPSA) is 90.0 Å². The number of hydrogen-bond acceptors (Lipinski definition) is 6. The van der Waals surface area contributed by atoms with E-state index in [2.05, 4.69) is 9.97 Å². The highest BCUT2D eigenvalue weighted by atomic mass is 32.2. The Bertz CT molecular complexity index is 932. The maximum Gasteiger partial charge on any atom is 0.304 e. The average Bonchev–Trinajstić information content (AvgIpc) is 2.73. The Morgan fingerprint density at radius 1 is 1.07 bits per heavy atom. The maximum atomic E-state index is 13.3. The Hall–Kier alpha value is -2.79. The highest BCUT2D eigenvalue weighted by Gasteiger charge is 2.30. The monoisotopic (exact) mass is 422 g/mol. The molecule has 0 saturated carbocycles. The van der Waals surface area contributed by atoms with Gasteiger partial charge in [-0.3, -0.25) is 4.79 Å². The predicted octanol–water partition coefficient (Wildman–Crippen LogP) is 0.577. The van der Waals surface area contributed by atoms with Crippen LogP contribution in [0.15, 0.2) is 42.7 Å². The minimum atomic E-state index is -3.93. The van der Waals surface area contributed by atoms with Gasteiger partial charge < -0.3 is 9.80 Å². The third-order valence-electron chi connectivity index (χ3n) is 4.60. The first-order valence-electron chi connectivity index (χ1n) is 9.04. The number of piperazine rings is 1. The molecule has 156 valence electrons. The van der Waals surface area contributed by atoms with Crippen molar-refractivity contribution >= 4 is 27.8 Å². The molecule has 2 heterocycles. The fraction of sp³-hybridized carbons (Fsp3) is 0.389. The number of halogens is 1. The van der Waals surface area contributed by atoms with Crippen LogP contribution in [0.25, 0.3) is 0 Å². The SMILES string of the molecule is CN(C)S(=O)(=O)N(CC(=O)N1CCN(c2ncccn2)CC1)c1ccc(F)cc1. The van der Waals surface area contributed by atoms with Crippen LogP contribution in [0.1, 0.15) is 0 Å². The van der Waals surface area contributed by atoms with E-state index in [1.807, 2.05) is 4.90 Å². The molecule has 1 saturated heterocycles. The summed E-state index contributed by atoms with van der Waals surface area (Å²) in [5, 5.41) is 0. The number of carbonyl (C=O) groups excluding carboxylic acids is 1. The molecule has 11 heteroatoms. The zero-order chi connectivity index (χ0) is 21.0. The van der Waals surface area contributed by atoms with Gasteiger partial charge in [-0.1, -0.05) is 0 Å². The number of rotatable bonds is 6. The van der Waals surface area contributed by atoms with Crippen molar-refractivity contribution in [3.05, 3.63) is 48.5 Å². The summed E-state index contributed by atoms with van der Waals surface area (Å²) in [6.45, 7) is 1.58. The Kier molecular flexibility index (Phi) is 6.28. The van der Waals surface area contributed by atoms with Gasteiger partial charge in [0.2, 0.25) is 11.9 Å². The molecule has 0 bridgehead atoms. The Morgan fingerprint density at radius 3 is 2.21 bits per heavy atom. The molecule has 3 rings (SSSR count). The van der Waals surface area contributed by atoms with Crippen molar-refractivity contribution < 1.29 is 17.6 Å². The average molecular weight is 422 g/mol. The zero-order valence-electron chi connectivity index (χ0n) is 16.3. The number of amides is 1. The van der Waals surface area contributed by atoms with Crippen molar-refractivity contribution in [2.24, 2.45) is 0 Å². The molecule has 0 atom stereocenters. The van der Waals surface area contributed by atoms with Crippen LogP contribution < -0.4 is 9.21 Å². The molecule has 0 N–H and O–H groups in total. The van der Waals surface area contributed by atoms with E-state index >= 15 is 0 Å². The van der Waals surface area contributed by atoms with E-state index in [1.54, 1.807) is 23.4 Å². The molecule has 1 amide bonds. The smallest absolute Gasteiger partial charge is 0.304 e. The van der Waals surface area contributed by atoms with Crippen LogP contribution in [-0.4, -0.2) is 80.3 Å². The predicted molar refractivity (Wildman–Crippen MR) is 107 cm³/mol. The summed E-state index contributed by atoms with van der Waals surface area (Å²) in [7, 11) is -1.16. The summed E-state index contributed by atoms with van der Waals surface area (Å²) in [6.07, 6.45) is 3.32. The van der Waals surface area contributed by atoms with Gasteiger partial charge in [-0.2, -0.15) is 12.7 Å². The number of hydrogen-bond donors (Lipinski definition) is 0. The van der Waals surface area contributed by atoms with Gasteiger partial charge in [0, 0.05) is 52.7 Å². The summed E-state index contributed by atoms with van der Waals surface area (Å²) in [4.78, 5) is 24.8. The van der Waals surface area contributed by atoms with Crippen LogP contribution in [0, 0.1) is 5.82 Å². The number of aromatic nitrogens is 2. The second-order valence-electron chi connectivity index (χ2n) is 6.69. The van der Waals surface area contributed by atoms with Gasteiger partial charge in [0.25, 0.3) is 0 Å². The van der Waals surface area contributed by atoms with E-state index < -0.39 is 16.0 Å². The quantitative estimate of drug-likeness (QED) is 0.677. The second-order valence-corrected chi connectivity index (χ2v) is 8.76. The highest BCUT2D eigenvalue weighted by molar-refractivity contribution is 7.90. The number of carbonyl (C=O) groups is 1. The summed E-state index contributed by atoms with van der Waals surface area (Å²) < 4.78 is 40.7. The fourth-order valence-corrected chi connectivity index (χ4v) is 4.00. The largest absolute Gasteiger partial charge is 0.338 e. The molecule has 0 radical (unpaired) electrons. The minimum Gasteiger partial charge on any atom is -0.338 e. The van der Waals surface area contributed by atoms with Crippen LogP contribution in [0.5, 0.6) is 0 Å². The minimum absolute atomic E-state index is 0.227. The molecule has 1 aliphatic heterocycles. The molecule has 1 aromatic carbocycles. The lowest BCUT2D eigenvalue weighted by Crippen LogP contribution is -2.53. The van der Waals surface area contributed by atoms with E-state index in [0.717, 1.165) is 20.7 Å². The van der Waals surface area contributed by atoms with E-state index in [0.29, 0.717) is 32.1 Å². The first-order valence-corrected chi connectivity index (χ1v) is 10.4. The molecule has 1 fully saturated rings. The highest BCUT2D eigenvalue weighted by Crippen LogP contribution is 2.20. The molecule has 0 aliphatic carbocycles. The molecule has 1 aromatic heterocycles. The number of anilines is 2. The van der Waals surface area contributed by atoms with Crippen LogP contribution in [0.2, 0.25) is 0 Å². The van der Waals surface area contributed by atoms with Crippen molar-refractivity contribution in [3.63, 3.8) is 0 Å². The second kappa shape index (κ2) is 8.70. The van der Waals surface area contributed by atoms with Gasteiger partial charge in [-0.05, 0) is 30.3 Å². The standard InChI is InChI=1S/C18H23FN6O3S/c1-22(2)29(27,28)25(16-6-4-15(19)5-7-16)14-17(26)23-10-12-24(13-11-23)18-20-8-3-9-21-18/h3-9H,10-14H2,1-2H3. The first-order chi connectivity index (χ1) is 13.8. The Morgan fingerprint density at radius 2 is 1.66 bits per heavy atom. The summed E-state index contributed by atoms with van der Waals surface area (Å²) in [5.74, 6) is -0.211. The van der Waals surface area contributed by atoms with Crippen LogP contribution >= 0.6 is 0 Å². The van der Waals surface area contributed by atoms with Crippen molar-refractivity contribution in [2.75, 3.05) is 56.0 Å². The van der Waals surface area contributed by atoms with Crippen LogP contribution in [-0.2, 0) is 15.0 Å². The normalized spacial score (nSPS) is 14.9. The number of benzene rings is 1. The van der Waals surface area contributed by atoms with E-state index in [4.69, 9.17) is 0 Å². The maximum absolute atomic E-state index is 13.3. The zero-order valence-corrected chi connectivity index (χ0v) is 17.1. The molecule has 1 aliphatic rings. The van der Waals surface area contributed by atoms with Gasteiger partial charge in [-0.15, -0.1) is 0 Å². The van der Waals surface area contributed by atoms with Gasteiger partial charge in [0.1, 0.15) is 12.4 Å². The van der Waals surface area contributed by atoms with E-state index in [9.17, 15) is 17.6 Å². The first kappa shape index (κ1) is 20.9. The van der Waals surface area contributed by atoms with Crippen LogP contribution in [0.4, 0.5) is 16.0 Å². The van der Waals surface area contributed by atoms with E-state index in [-0.39, 0.29) is 18.1 Å². The molecule has 0 unspecified atom stereocenters. The molecular formula is C18H23FN6O3S. The van der Waals surface area contributed by atoms with Crippen molar-refractivity contribution in [2.45, 2.75) is 0 Å². The Balaban J connectivity index is 1.71. The van der Waals surface area contributed by atoms with Gasteiger partial charge >= 0.3 is 10.2 Å². The van der Waals surface area contributed by atoms with Gasteiger partial charge in [0.05, 0.1) is 5.69 Å². The summed E-state index contributed by atoms with van der Waals surface area (Å²) in [5.41, 5.74) is 0.227. The molecule has 29 heavy (non-hydrogen) atoms. The third-order valence-corrected chi connectivity index (χ3v) is 6.42. The van der Waals surface area contributed by atoms with E-state index in [1.165, 1.54) is 26.2 Å². The summed E-state index contributed by atoms with van der Waals surface area (Å²) >= 11 is 0. The van der Waals surface area contributed by atoms with Gasteiger partial charge in [0.15, 0.2) is 0 Å². The third kappa shape index (κ3) is 4.80. The molecule has 0 spiro atoms. The molecular weight excluding hydrogens is 399 g/mol. The molecule has 9 nitrogen and oxygen atoms in total. The lowest BCUT2D eigenvalue weighted by Gasteiger charge is -2.36. The van der Waals surface area contributed by atoms with Crippen molar-refractivity contribution in [1.82, 2.24) is 19.2 Å². The Labute approximate surface area is 169 Å². The lowest BCUT2D eigenvalue weighted by atomic mass is 10.3. The molecule has 2 aromatic rings. The van der Waals surface area contributed by atoms with Crippen molar-refractivity contribution in [1.29, 1.82) is 0 Å². The number of nitrogens with zero attached hydrogens (tertiary/aromatic N) is 6. The fourth-order valence-electron chi connectivity index (χ4n) is 2.94. The van der Waals surface area contributed by atoms with Gasteiger partial charge in [-0.25, -0.2) is 18.7 Å². The van der Waals surface area contributed by atoms with Crippen molar-refractivity contribution in [3.8, 4) is 0 Å². The lowest BCUT2D eigenvalue weighted by molar-refractivity contribution is -0.129.